The van der Waals surface area contributed by atoms with Gasteiger partial charge in [-0.2, -0.15) is 0 Å². The fourth-order valence-electron chi connectivity index (χ4n) is 3.88. The summed E-state index contributed by atoms with van der Waals surface area (Å²) in [5, 5.41) is 11.2. The molecule has 1 aliphatic rings. The number of ether oxygens (including phenoxy) is 2. The summed E-state index contributed by atoms with van der Waals surface area (Å²) in [5.41, 5.74) is 1.34. The second-order valence-corrected chi connectivity index (χ2v) is 7.84. The van der Waals surface area contributed by atoms with Crippen molar-refractivity contribution in [2.75, 3.05) is 18.6 Å². The maximum atomic E-state index is 13.2. The number of ketones is 1. The summed E-state index contributed by atoms with van der Waals surface area (Å²) in [4.78, 5) is 44.2. The van der Waals surface area contributed by atoms with E-state index in [1.807, 2.05) is 6.92 Å². The van der Waals surface area contributed by atoms with E-state index < -0.39 is 23.7 Å². The highest BCUT2D eigenvalue weighted by atomic mass is 16.5. The lowest BCUT2D eigenvalue weighted by Crippen LogP contribution is -2.29. The Morgan fingerprint density at radius 3 is 2.46 bits per heavy atom. The molecule has 2 heterocycles. The first-order valence-corrected chi connectivity index (χ1v) is 11.1. The normalized spacial score (nSPS) is 16.9. The number of carbonyl (C=O) groups excluding carboxylic acids is 3. The molecule has 178 valence electrons. The van der Waals surface area contributed by atoms with Crippen molar-refractivity contribution >= 4 is 29.1 Å². The quantitative estimate of drug-likeness (QED) is 0.237. The molecule has 2 aromatic carbocycles. The number of methoxy groups -OCH3 is 1. The molecule has 1 aliphatic heterocycles. The minimum Gasteiger partial charge on any atom is -0.507 e. The molecule has 4 rings (SSSR count). The molecule has 1 N–H and O–H groups in total. The summed E-state index contributed by atoms with van der Waals surface area (Å²) in [6, 6.07) is 16.9. The number of esters is 1. The number of aliphatic hydroxyl groups is 1. The van der Waals surface area contributed by atoms with Crippen LogP contribution in [0.2, 0.25) is 0 Å². The second kappa shape index (κ2) is 10.2. The molecule has 8 heteroatoms. The van der Waals surface area contributed by atoms with Gasteiger partial charge in [0.2, 0.25) is 0 Å². The maximum absolute atomic E-state index is 13.2. The van der Waals surface area contributed by atoms with Gasteiger partial charge in [-0.1, -0.05) is 25.1 Å². The van der Waals surface area contributed by atoms with Gasteiger partial charge in [-0.05, 0) is 55.0 Å². The number of aliphatic hydroxyl groups excluding tert-OH is 1. The van der Waals surface area contributed by atoms with E-state index in [4.69, 9.17) is 9.47 Å². The molecule has 35 heavy (non-hydrogen) atoms. The number of anilines is 1. The monoisotopic (exact) mass is 472 g/mol. The van der Waals surface area contributed by atoms with Crippen molar-refractivity contribution in [1.82, 2.24) is 4.98 Å². The Hall–Kier alpha value is -4.46. The van der Waals surface area contributed by atoms with Crippen LogP contribution >= 0.6 is 0 Å². The predicted molar refractivity (Wildman–Crippen MR) is 129 cm³/mol. The van der Waals surface area contributed by atoms with E-state index in [0.29, 0.717) is 41.3 Å². The molecule has 0 bridgehead atoms. The van der Waals surface area contributed by atoms with E-state index in [-0.39, 0.29) is 11.3 Å². The highest BCUT2D eigenvalue weighted by Gasteiger charge is 2.47. The van der Waals surface area contributed by atoms with E-state index in [9.17, 15) is 19.5 Å². The number of hydrogen-bond acceptors (Lipinski definition) is 7. The van der Waals surface area contributed by atoms with E-state index >= 15 is 0 Å². The molecule has 0 aliphatic carbocycles. The lowest BCUT2D eigenvalue weighted by Gasteiger charge is -2.24. The molecule has 1 amide bonds. The average Bonchev–Trinajstić information content (AvgIpc) is 3.17. The zero-order chi connectivity index (χ0) is 24.9. The summed E-state index contributed by atoms with van der Waals surface area (Å²) >= 11 is 0. The molecule has 1 unspecified atom stereocenters. The Labute approximate surface area is 202 Å². The molecular formula is C27H24N2O6. The van der Waals surface area contributed by atoms with Crippen LogP contribution in [0.3, 0.4) is 0 Å². The standard InChI is InChI=1S/C27H24N2O6/c1-3-15-35-27(33)17-10-12-19(13-11-17)29-23(21-9-4-5-14-28-21)22(25(31)26(29)32)24(30)18-7-6-8-20(16-18)34-2/h4-14,16,23,30H,3,15H2,1-2H3/b24-22+. The molecule has 0 spiro atoms. The van der Waals surface area contributed by atoms with E-state index in [1.54, 1.807) is 60.8 Å². The van der Waals surface area contributed by atoms with Gasteiger partial charge in [0.1, 0.15) is 17.6 Å². The number of benzene rings is 2. The third kappa shape index (κ3) is 4.63. The van der Waals surface area contributed by atoms with Gasteiger partial charge < -0.3 is 14.6 Å². The minimum absolute atomic E-state index is 0.0895. The number of Topliss-reactive ketones (excluding diaryl/α,β-unsaturated/α-hetero) is 1. The molecular weight excluding hydrogens is 448 g/mol. The molecule has 1 aromatic heterocycles. The van der Waals surface area contributed by atoms with Gasteiger partial charge >= 0.3 is 5.97 Å². The first kappa shape index (κ1) is 23.7. The van der Waals surface area contributed by atoms with Crippen LogP contribution in [-0.4, -0.2) is 41.5 Å². The zero-order valence-electron chi connectivity index (χ0n) is 19.3. The highest BCUT2D eigenvalue weighted by Crippen LogP contribution is 2.41. The van der Waals surface area contributed by atoms with Gasteiger partial charge in [0.15, 0.2) is 0 Å². The first-order chi connectivity index (χ1) is 17.0. The van der Waals surface area contributed by atoms with Crippen molar-refractivity contribution in [2.24, 2.45) is 0 Å². The van der Waals surface area contributed by atoms with Crippen molar-refractivity contribution in [3.05, 3.63) is 95.3 Å². The Balaban J connectivity index is 1.81. The predicted octanol–water partition coefficient (Wildman–Crippen LogP) is 4.28. The van der Waals surface area contributed by atoms with E-state index in [1.165, 1.54) is 24.1 Å². The Kier molecular flexibility index (Phi) is 6.91. The SMILES string of the molecule is CCCOC(=O)c1ccc(N2C(=O)C(=O)/C(=C(/O)c3cccc(OC)c3)C2c2ccccn2)cc1. The lowest BCUT2D eigenvalue weighted by atomic mass is 9.98. The van der Waals surface area contributed by atoms with Crippen LogP contribution in [0.15, 0.2) is 78.5 Å². The van der Waals surface area contributed by atoms with E-state index in [0.717, 1.165) is 0 Å². The van der Waals surface area contributed by atoms with Gasteiger partial charge in [0.05, 0.1) is 30.5 Å². The summed E-state index contributed by atoms with van der Waals surface area (Å²) in [6.45, 7) is 2.20. The largest absolute Gasteiger partial charge is 0.507 e. The zero-order valence-corrected chi connectivity index (χ0v) is 19.3. The molecule has 0 radical (unpaired) electrons. The van der Waals surface area contributed by atoms with Crippen molar-refractivity contribution < 1.29 is 29.0 Å². The number of amides is 1. The fraction of sp³-hybridized carbons (Fsp3) is 0.185. The maximum Gasteiger partial charge on any atom is 0.338 e. The summed E-state index contributed by atoms with van der Waals surface area (Å²) in [7, 11) is 1.49. The number of nitrogens with zero attached hydrogens (tertiary/aromatic N) is 2. The molecule has 1 saturated heterocycles. The Bertz CT molecular complexity index is 1280. The smallest absolute Gasteiger partial charge is 0.338 e. The van der Waals surface area contributed by atoms with Gasteiger partial charge in [0.25, 0.3) is 11.7 Å². The van der Waals surface area contributed by atoms with E-state index in [2.05, 4.69) is 4.98 Å². The summed E-state index contributed by atoms with van der Waals surface area (Å²) < 4.78 is 10.4. The van der Waals surface area contributed by atoms with Crippen molar-refractivity contribution in [3.8, 4) is 5.75 Å². The first-order valence-electron chi connectivity index (χ1n) is 11.1. The molecule has 1 atom stereocenters. The Morgan fingerprint density at radius 1 is 1.03 bits per heavy atom. The number of hydrogen-bond donors (Lipinski definition) is 1. The third-order valence-corrected chi connectivity index (χ3v) is 5.57. The van der Waals surface area contributed by atoms with Gasteiger partial charge in [-0.25, -0.2) is 4.79 Å². The molecule has 3 aromatic rings. The van der Waals surface area contributed by atoms with Gasteiger partial charge in [0, 0.05) is 17.4 Å². The number of aromatic nitrogens is 1. The van der Waals surface area contributed by atoms with Gasteiger partial charge in [-0.15, -0.1) is 0 Å². The molecule has 8 nitrogen and oxygen atoms in total. The summed E-state index contributed by atoms with van der Waals surface area (Å²) in [5.74, 6) is -1.97. The lowest BCUT2D eigenvalue weighted by molar-refractivity contribution is -0.132. The van der Waals surface area contributed by atoms with Crippen LogP contribution in [0.1, 0.15) is 41.0 Å². The average molecular weight is 472 g/mol. The molecule has 0 saturated carbocycles. The minimum atomic E-state index is -0.972. The van der Waals surface area contributed by atoms with Crippen molar-refractivity contribution in [2.45, 2.75) is 19.4 Å². The fourth-order valence-corrected chi connectivity index (χ4v) is 3.88. The van der Waals surface area contributed by atoms with Crippen LogP contribution < -0.4 is 9.64 Å². The van der Waals surface area contributed by atoms with Crippen LogP contribution in [0.5, 0.6) is 5.75 Å². The number of rotatable bonds is 7. The van der Waals surface area contributed by atoms with Gasteiger partial charge in [-0.3, -0.25) is 19.5 Å². The Morgan fingerprint density at radius 2 is 1.80 bits per heavy atom. The van der Waals surface area contributed by atoms with Crippen LogP contribution in [-0.2, 0) is 14.3 Å². The number of carbonyl (C=O) groups is 3. The summed E-state index contributed by atoms with van der Waals surface area (Å²) in [6.07, 6.45) is 2.25. The topological polar surface area (TPSA) is 106 Å². The number of pyridine rings is 1. The highest BCUT2D eigenvalue weighted by molar-refractivity contribution is 6.51. The van der Waals surface area contributed by atoms with Crippen LogP contribution in [0, 0.1) is 0 Å². The van der Waals surface area contributed by atoms with Crippen LogP contribution in [0.4, 0.5) is 5.69 Å². The third-order valence-electron chi connectivity index (χ3n) is 5.57. The molecule has 1 fully saturated rings. The second-order valence-electron chi connectivity index (χ2n) is 7.84. The van der Waals surface area contributed by atoms with Crippen molar-refractivity contribution in [3.63, 3.8) is 0 Å². The van der Waals surface area contributed by atoms with Crippen molar-refractivity contribution in [1.29, 1.82) is 0 Å². The van der Waals surface area contributed by atoms with Crippen LogP contribution in [0.25, 0.3) is 5.76 Å².